The predicted molar refractivity (Wildman–Crippen MR) is 95.8 cm³/mol. The summed E-state index contributed by atoms with van der Waals surface area (Å²) in [6, 6.07) is 16.1. The minimum absolute atomic E-state index is 0.0797. The van der Waals surface area contributed by atoms with Crippen molar-refractivity contribution in [3.8, 4) is 0 Å². The van der Waals surface area contributed by atoms with E-state index in [2.05, 4.69) is 0 Å². The molecule has 0 radical (unpaired) electrons. The van der Waals surface area contributed by atoms with Crippen molar-refractivity contribution in [3.05, 3.63) is 77.2 Å². The number of anilines is 1. The van der Waals surface area contributed by atoms with E-state index >= 15 is 0 Å². The van der Waals surface area contributed by atoms with Crippen molar-refractivity contribution in [1.82, 2.24) is 0 Å². The van der Waals surface area contributed by atoms with Crippen molar-refractivity contribution >= 4 is 21.4 Å². The second-order valence-corrected chi connectivity index (χ2v) is 7.68. The van der Waals surface area contributed by atoms with E-state index in [9.17, 15) is 13.2 Å². The Bertz CT molecular complexity index is 872. The molecular weight excluding hydrogens is 322 g/mol. The number of benzene rings is 2. The van der Waals surface area contributed by atoms with Crippen LogP contribution in [0.25, 0.3) is 0 Å². The molecule has 0 bridgehead atoms. The SMILES string of the molecule is CCc1ccccc1N(C(=O)c1ccccc1)[C@H]1C=CS(=O)(=O)C1. The molecule has 3 rings (SSSR count). The number of hydrogen-bond donors (Lipinski definition) is 0. The highest BCUT2D eigenvalue weighted by molar-refractivity contribution is 7.94. The van der Waals surface area contributed by atoms with Gasteiger partial charge in [0.05, 0.1) is 11.8 Å². The molecule has 0 N–H and O–H groups in total. The van der Waals surface area contributed by atoms with Gasteiger partial charge in [-0.15, -0.1) is 0 Å². The van der Waals surface area contributed by atoms with Crippen molar-refractivity contribution in [2.75, 3.05) is 10.7 Å². The third-order valence-electron chi connectivity index (χ3n) is 4.11. The maximum absolute atomic E-state index is 13.1. The van der Waals surface area contributed by atoms with Gasteiger partial charge in [-0.1, -0.05) is 43.3 Å². The van der Waals surface area contributed by atoms with Crippen molar-refractivity contribution in [2.24, 2.45) is 0 Å². The molecule has 5 heteroatoms. The number of nitrogens with zero attached hydrogens (tertiary/aromatic N) is 1. The fraction of sp³-hybridized carbons (Fsp3) is 0.211. The number of sulfone groups is 1. The van der Waals surface area contributed by atoms with Gasteiger partial charge in [0.2, 0.25) is 0 Å². The summed E-state index contributed by atoms with van der Waals surface area (Å²) in [4.78, 5) is 14.7. The van der Waals surface area contributed by atoms with Gasteiger partial charge in [0.1, 0.15) is 0 Å². The Morgan fingerprint density at radius 1 is 1.08 bits per heavy atom. The maximum Gasteiger partial charge on any atom is 0.258 e. The molecule has 4 nitrogen and oxygen atoms in total. The average molecular weight is 341 g/mol. The third kappa shape index (κ3) is 3.26. The van der Waals surface area contributed by atoms with Crippen LogP contribution >= 0.6 is 0 Å². The zero-order valence-corrected chi connectivity index (χ0v) is 14.2. The normalized spacial score (nSPS) is 18.5. The van der Waals surface area contributed by atoms with Crippen LogP contribution in [0.4, 0.5) is 5.69 Å². The minimum Gasteiger partial charge on any atom is -0.300 e. The van der Waals surface area contributed by atoms with E-state index in [1.807, 2.05) is 37.3 Å². The van der Waals surface area contributed by atoms with Gasteiger partial charge in [0.15, 0.2) is 9.84 Å². The van der Waals surface area contributed by atoms with Crippen LogP contribution < -0.4 is 4.90 Å². The van der Waals surface area contributed by atoms with E-state index in [1.54, 1.807) is 35.2 Å². The molecule has 0 unspecified atom stereocenters. The first-order chi connectivity index (χ1) is 11.5. The monoisotopic (exact) mass is 341 g/mol. The smallest absolute Gasteiger partial charge is 0.258 e. The lowest BCUT2D eigenvalue weighted by atomic mass is 10.1. The predicted octanol–water partition coefficient (Wildman–Crippen LogP) is 3.21. The molecule has 0 aromatic heterocycles. The maximum atomic E-state index is 13.1. The van der Waals surface area contributed by atoms with Crippen molar-refractivity contribution in [1.29, 1.82) is 0 Å². The van der Waals surface area contributed by atoms with Crippen LogP contribution in [0.2, 0.25) is 0 Å². The minimum atomic E-state index is -3.26. The first-order valence-corrected chi connectivity index (χ1v) is 9.61. The summed E-state index contributed by atoms with van der Waals surface area (Å²) in [7, 11) is -3.26. The Morgan fingerprint density at radius 3 is 2.38 bits per heavy atom. The van der Waals surface area contributed by atoms with Crippen LogP contribution in [0, 0.1) is 0 Å². The Morgan fingerprint density at radius 2 is 1.75 bits per heavy atom. The lowest BCUT2D eigenvalue weighted by Crippen LogP contribution is -2.41. The summed E-state index contributed by atoms with van der Waals surface area (Å²) < 4.78 is 23.7. The zero-order chi connectivity index (χ0) is 17.2. The molecule has 0 aliphatic carbocycles. The van der Waals surface area contributed by atoms with E-state index < -0.39 is 15.9 Å². The van der Waals surface area contributed by atoms with Gasteiger partial charge in [-0.2, -0.15) is 0 Å². The van der Waals surface area contributed by atoms with Crippen molar-refractivity contribution in [3.63, 3.8) is 0 Å². The molecule has 2 aromatic carbocycles. The topological polar surface area (TPSA) is 54.5 Å². The molecule has 0 fully saturated rings. The molecule has 1 atom stereocenters. The molecule has 2 aromatic rings. The molecule has 0 spiro atoms. The molecule has 24 heavy (non-hydrogen) atoms. The summed E-state index contributed by atoms with van der Waals surface area (Å²) in [5.41, 5.74) is 2.32. The van der Waals surface area contributed by atoms with Gasteiger partial charge in [-0.25, -0.2) is 8.42 Å². The Balaban J connectivity index is 2.08. The number of para-hydroxylation sites is 1. The Hall–Kier alpha value is -2.40. The van der Waals surface area contributed by atoms with E-state index in [1.165, 1.54) is 5.41 Å². The molecule has 1 aliphatic rings. The number of amides is 1. The quantitative estimate of drug-likeness (QED) is 0.858. The fourth-order valence-electron chi connectivity index (χ4n) is 2.92. The van der Waals surface area contributed by atoms with Crippen LogP contribution in [0.15, 0.2) is 66.1 Å². The summed E-state index contributed by atoms with van der Waals surface area (Å²) in [5, 5.41) is 1.21. The Labute approximate surface area is 142 Å². The van der Waals surface area contributed by atoms with E-state index in [-0.39, 0.29) is 11.7 Å². The highest BCUT2D eigenvalue weighted by Crippen LogP contribution is 2.28. The number of hydrogen-bond acceptors (Lipinski definition) is 3. The summed E-state index contributed by atoms with van der Waals surface area (Å²) in [5.74, 6) is -0.271. The number of carbonyl (C=O) groups excluding carboxylic acids is 1. The van der Waals surface area contributed by atoms with Gasteiger partial charge in [0, 0.05) is 16.7 Å². The lowest BCUT2D eigenvalue weighted by molar-refractivity contribution is 0.0983. The molecule has 1 aliphatic heterocycles. The van der Waals surface area contributed by atoms with Gasteiger partial charge in [-0.05, 0) is 36.3 Å². The first-order valence-electron chi connectivity index (χ1n) is 7.89. The van der Waals surface area contributed by atoms with Crippen molar-refractivity contribution < 1.29 is 13.2 Å². The second-order valence-electron chi connectivity index (χ2n) is 5.75. The number of carbonyl (C=O) groups is 1. The van der Waals surface area contributed by atoms with Gasteiger partial charge >= 0.3 is 0 Å². The number of rotatable bonds is 4. The van der Waals surface area contributed by atoms with Crippen LogP contribution in [0.5, 0.6) is 0 Å². The van der Waals surface area contributed by atoms with Crippen LogP contribution in [-0.4, -0.2) is 26.1 Å². The molecule has 0 saturated carbocycles. The van der Waals surface area contributed by atoms with Gasteiger partial charge < -0.3 is 4.90 Å². The molecule has 124 valence electrons. The zero-order valence-electron chi connectivity index (χ0n) is 13.4. The largest absolute Gasteiger partial charge is 0.300 e. The Kier molecular flexibility index (Phi) is 4.53. The highest BCUT2D eigenvalue weighted by Gasteiger charge is 2.32. The van der Waals surface area contributed by atoms with Crippen LogP contribution in [-0.2, 0) is 16.3 Å². The number of aryl methyl sites for hydroxylation is 1. The van der Waals surface area contributed by atoms with Crippen LogP contribution in [0.1, 0.15) is 22.8 Å². The van der Waals surface area contributed by atoms with Gasteiger partial charge in [-0.3, -0.25) is 4.79 Å². The van der Waals surface area contributed by atoms with Crippen LogP contribution in [0.3, 0.4) is 0 Å². The second kappa shape index (κ2) is 6.61. The van der Waals surface area contributed by atoms with E-state index in [0.29, 0.717) is 5.56 Å². The van der Waals surface area contributed by atoms with E-state index in [4.69, 9.17) is 0 Å². The summed E-state index contributed by atoms with van der Waals surface area (Å²) in [6.07, 6.45) is 2.36. The summed E-state index contributed by atoms with van der Waals surface area (Å²) in [6.45, 7) is 2.02. The summed E-state index contributed by atoms with van der Waals surface area (Å²) >= 11 is 0. The standard InChI is InChI=1S/C19H19NO3S/c1-2-15-8-6-7-11-18(15)20(17-12-13-24(22,23)14-17)19(21)16-9-4-3-5-10-16/h3-13,17H,2,14H2,1H3/t17-/m0/s1. The average Bonchev–Trinajstić information content (AvgIpc) is 2.96. The molecule has 0 saturated heterocycles. The molecule has 1 heterocycles. The fourth-order valence-corrected chi connectivity index (χ4v) is 4.19. The van der Waals surface area contributed by atoms with E-state index in [0.717, 1.165) is 17.7 Å². The van der Waals surface area contributed by atoms with Crippen molar-refractivity contribution in [2.45, 2.75) is 19.4 Å². The molecule has 1 amide bonds. The lowest BCUT2D eigenvalue weighted by Gasteiger charge is -2.29. The highest BCUT2D eigenvalue weighted by atomic mass is 32.2. The first kappa shape index (κ1) is 16.5. The molecular formula is C19H19NO3S. The van der Waals surface area contributed by atoms with Gasteiger partial charge in [0.25, 0.3) is 5.91 Å². The third-order valence-corrected chi connectivity index (χ3v) is 5.49.